The van der Waals surface area contributed by atoms with E-state index in [0.29, 0.717) is 12.8 Å². The number of hydrogen-bond acceptors (Lipinski definition) is 3. The number of amides is 1. The van der Waals surface area contributed by atoms with Gasteiger partial charge in [0, 0.05) is 13.5 Å². The number of alkyl halides is 1. The van der Waals surface area contributed by atoms with Crippen molar-refractivity contribution in [3.63, 3.8) is 0 Å². The van der Waals surface area contributed by atoms with E-state index in [-0.39, 0.29) is 41.9 Å². The van der Waals surface area contributed by atoms with Crippen LogP contribution in [0.4, 0.5) is 4.39 Å². The summed E-state index contributed by atoms with van der Waals surface area (Å²) in [6.07, 6.45) is 0.0193. The number of nitrogens with zero attached hydrogens (tertiary/aromatic N) is 1. The van der Waals surface area contributed by atoms with Crippen LogP contribution in [0.2, 0.25) is 0 Å². The fourth-order valence-corrected chi connectivity index (χ4v) is 1.01. The summed E-state index contributed by atoms with van der Waals surface area (Å²) in [5, 5.41) is 10.1. The molecule has 1 amide bonds. The second kappa shape index (κ2) is 9.12. The predicted molar refractivity (Wildman–Crippen MR) is 47.1 cm³/mol. The Morgan fingerprint density at radius 2 is 2.00 bits per heavy atom. The monoisotopic (exact) mass is 227 g/mol. The molecule has 0 heterocycles. The Balaban J connectivity index is 0. The normalized spacial score (nSPS) is 11.4. The molecule has 0 aromatic heterocycles. The smallest absolute Gasteiger partial charge is 0.548 e. The third kappa shape index (κ3) is 10.2. The van der Waals surface area contributed by atoms with Gasteiger partial charge >= 0.3 is 29.6 Å². The summed E-state index contributed by atoms with van der Waals surface area (Å²) in [7, 11) is 1.39. The number of carboxylic acid groups (broad SMARTS) is 1. The van der Waals surface area contributed by atoms with Crippen LogP contribution in [0.5, 0.6) is 0 Å². The van der Waals surface area contributed by atoms with Crippen molar-refractivity contribution in [3.05, 3.63) is 0 Å². The molecular weight excluding hydrogens is 212 g/mol. The van der Waals surface area contributed by atoms with Crippen molar-refractivity contribution >= 4 is 11.9 Å². The molecule has 0 aliphatic heterocycles. The van der Waals surface area contributed by atoms with Crippen molar-refractivity contribution in [2.24, 2.45) is 0 Å². The fraction of sp³-hybridized carbons (Fsp3) is 0.778. The van der Waals surface area contributed by atoms with Gasteiger partial charge < -0.3 is 14.8 Å². The number of carboxylic acids is 1. The number of aliphatic carboxylic acids is 1. The van der Waals surface area contributed by atoms with Gasteiger partial charge in [-0.2, -0.15) is 0 Å². The molecule has 0 aliphatic rings. The van der Waals surface area contributed by atoms with E-state index in [9.17, 15) is 19.1 Å². The largest absolute Gasteiger partial charge is 1.00 e. The Hall–Kier alpha value is -0.130. The van der Waals surface area contributed by atoms with Crippen LogP contribution < -0.4 is 34.7 Å². The minimum atomic E-state index is -1.29. The van der Waals surface area contributed by atoms with Crippen molar-refractivity contribution < 1.29 is 48.6 Å². The molecule has 0 radical (unpaired) electrons. The average Bonchev–Trinajstić information content (AvgIpc) is 2.01. The molecule has 0 N–H and O–H groups in total. The van der Waals surface area contributed by atoms with Crippen molar-refractivity contribution in [2.75, 3.05) is 13.6 Å². The van der Waals surface area contributed by atoms with Gasteiger partial charge in [0.1, 0.15) is 0 Å². The van der Waals surface area contributed by atoms with Crippen LogP contribution in [-0.2, 0) is 9.59 Å². The predicted octanol–water partition coefficient (Wildman–Crippen LogP) is -3.27. The Morgan fingerprint density at radius 1 is 1.47 bits per heavy atom. The fourth-order valence-electron chi connectivity index (χ4n) is 1.01. The maximum absolute atomic E-state index is 12.3. The molecule has 0 saturated carbocycles. The van der Waals surface area contributed by atoms with Gasteiger partial charge in [-0.25, -0.2) is 4.39 Å². The number of halogens is 1. The van der Waals surface area contributed by atoms with Crippen LogP contribution in [0, 0.1) is 0 Å². The number of rotatable bonds is 6. The molecule has 82 valence electrons. The maximum Gasteiger partial charge on any atom is 1.00 e. The standard InChI is InChI=1S/C9H16FNO3.Na/c1-7(10)4-3-5-8(12)11(2)6-9(13)14;/h7H,3-6H2,1-2H3,(H,13,14);/q;+1/p-1. The van der Waals surface area contributed by atoms with Gasteiger partial charge in [-0.05, 0) is 19.8 Å². The van der Waals surface area contributed by atoms with Crippen molar-refractivity contribution in [3.8, 4) is 0 Å². The second-order valence-corrected chi connectivity index (χ2v) is 3.29. The summed E-state index contributed by atoms with van der Waals surface area (Å²) in [6, 6.07) is 0. The summed E-state index contributed by atoms with van der Waals surface area (Å²) >= 11 is 0. The van der Waals surface area contributed by atoms with E-state index in [4.69, 9.17) is 0 Å². The zero-order valence-electron chi connectivity index (χ0n) is 9.46. The van der Waals surface area contributed by atoms with Gasteiger partial charge in [0.25, 0.3) is 0 Å². The molecule has 0 aromatic carbocycles. The Bertz CT molecular complexity index is 212. The van der Waals surface area contributed by atoms with Crippen LogP contribution in [0.15, 0.2) is 0 Å². The van der Waals surface area contributed by atoms with E-state index in [1.165, 1.54) is 14.0 Å². The van der Waals surface area contributed by atoms with Crippen LogP contribution in [0.3, 0.4) is 0 Å². The Labute approximate surface area is 111 Å². The van der Waals surface area contributed by atoms with E-state index in [0.717, 1.165) is 4.90 Å². The van der Waals surface area contributed by atoms with E-state index in [1.54, 1.807) is 0 Å². The summed E-state index contributed by atoms with van der Waals surface area (Å²) in [5.41, 5.74) is 0. The topological polar surface area (TPSA) is 60.4 Å². The zero-order chi connectivity index (χ0) is 11.1. The minimum absolute atomic E-state index is 0. The van der Waals surface area contributed by atoms with Gasteiger partial charge in [0.2, 0.25) is 5.91 Å². The third-order valence-corrected chi connectivity index (χ3v) is 1.78. The molecule has 0 saturated heterocycles. The molecule has 4 nitrogen and oxygen atoms in total. The molecular formula is C9H15FNNaO3. The van der Waals surface area contributed by atoms with E-state index >= 15 is 0 Å². The first-order chi connectivity index (χ1) is 6.43. The first kappa shape index (κ1) is 17.3. The molecule has 0 aromatic rings. The van der Waals surface area contributed by atoms with Crippen molar-refractivity contribution in [2.45, 2.75) is 32.4 Å². The third-order valence-electron chi connectivity index (χ3n) is 1.78. The Kier molecular flexibility index (Phi) is 10.5. The van der Waals surface area contributed by atoms with E-state index in [2.05, 4.69) is 0 Å². The van der Waals surface area contributed by atoms with Crippen molar-refractivity contribution in [1.82, 2.24) is 4.90 Å². The quantitative estimate of drug-likeness (QED) is 0.447. The first-order valence-corrected chi connectivity index (χ1v) is 4.51. The van der Waals surface area contributed by atoms with Gasteiger partial charge in [-0.15, -0.1) is 0 Å². The van der Waals surface area contributed by atoms with Crippen LogP contribution in [0.1, 0.15) is 26.2 Å². The molecule has 6 heteroatoms. The van der Waals surface area contributed by atoms with E-state index < -0.39 is 18.7 Å². The van der Waals surface area contributed by atoms with Crippen LogP contribution >= 0.6 is 0 Å². The second-order valence-electron chi connectivity index (χ2n) is 3.29. The van der Waals surface area contributed by atoms with Gasteiger partial charge in [0.05, 0.1) is 18.7 Å². The SMILES string of the molecule is CC(F)CCCC(=O)N(C)CC(=O)[O-].[Na+]. The molecule has 1 unspecified atom stereocenters. The summed E-state index contributed by atoms with van der Waals surface area (Å²) in [5.74, 6) is -1.59. The molecule has 0 spiro atoms. The van der Waals surface area contributed by atoms with Gasteiger partial charge in [0.15, 0.2) is 0 Å². The Morgan fingerprint density at radius 3 is 2.40 bits per heavy atom. The van der Waals surface area contributed by atoms with Gasteiger partial charge in [-0.3, -0.25) is 4.79 Å². The molecule has 0 fully saturated rings. The van der Waals surface area contributed by atoms with Crippen LogP contribution in [0.25, 0.3) is 0 Å². The number of hydrogen-bond donors (Lipinski definition) is 0. The van der Waals surface area contributed by atoms with Crippen molar-refractivity contribution in [1.29, 1.82) is 0 Å². The number of carbonyl (C=O) groups excluding carboxylic acids is 2. The minimum Gasteiger partial charge on any atom is -0.548 e. The average molecular weight is 227 g/mol. The summed E-state index contributed by atoms with van der Waals surface area (Å²) < 4.78 is 12.3. The zero-order valence-corrected chi connectivity index (χ0v) is 11.5. The first-order valence-electron chi connectivity index (χ1n) is 4.51. The maximum atomic E-state index is 12.3. The van der Waals surface area contributed by atoms with Crippen LogP contribution in [-0.4, -0.2) is 36.5 Å². The molecule has 15 heavy (non-hydrogen) atoms. The molecule has 0 aliphatic carbocycles. The number of carbonyl (C=O) groups is 2. The summed E-state index contributed by atoms with van der Waals surface area (Å²) in [6.45, 7) is 1.01. The van der Waals surface area contributed by atoms with Gasteiger partial charge in [-0.1, -0.05) is 0 Å². The van der Waals surface area contributed by atoms with E-state index in [1.807, 2.05) is 0 Å². The number of likely N-dealkylation sites (N-methyl/N-ethyl adjacent to an activating group) is 1. The molecule has 0 rings (SSSR count). The summed E-state index contributed by atoms with van der Waals surface area (Å²) in [4.78, 5) is 22.4. The molecule has 1 atom stereocenters. The molecule has 0 bridgehead atoms.